The van der Waals surface area contributed by atoms with Crippen LogP contribution in [0.2, 0.25) is 0 Å². The maximum Gasteiger partial charge on any atom is 0.330 e. The van der Waals surface area contributed by atoms with E-state index in [1.165, 1.54) is 101 Å². The van der Waals surface area contributed by atoms with Gasteiger partial charge in [0.25, 0.3) is 23.6 Å². The molecule has 0 saturated heterocycles. The molecule has 0 bridgehead atoms. The lowest BCUT2D eigenvalue weighted by Crippen LogP contribution is -2.60. The molecule has 0 unspecified atom stereocenters. The predicted octanol–water partition coefficient (Wildman–Crippen LogP) is 4.11. The summed E-state index contributed by atoms with van der Waals surface area (Å²) in [5.74, 6) is -7.64. The van der Waals surface area contributed by atoms with Gasteiger partial charge in [0.2, 0.25) is 23.6 Å². The monoisotopic (exact) mass is 1040 g/mol. The average Bonchev–Trinajstić information content (AvgIpc) is 3.35. The highest BCUT2D eigenvalue weighted by Crippen LogP contribution is 2.17. The highest BCUT2D eigenvalue weighted by molar-refractivity contribution is 6.10. The quantitative estimate of drug-likeness (QED) is 0.0423. The second-order valence-electron chi connectivity index (χ2n) is 20.2. The molecule has 0 aliphatic rings. The largest absolute Gasteiger partial charge is 0.467 e. The first-order valence-corrected chi connectivity index (χ1v) is 23.9. The van der Waals surface area contributed by atoms with Crippen LogP contribution in [0, 0.1) is 0 Å². The number of benzene rings is 4. The van der Waals surface area contributed by atoms with Gasteiger partial charge in [-0.05, 0) is 116 Å². The Bertz CT molecular complexity index is 2940. The number of hydrogen-bond acceptors (Lipinski definition) is 11. The van der Waals surface area contributed by atoms with E-state index in [9.17, 15) is 43.2 Å². The lowest BCUT2D eigenvalue weighted by atomic mass is 10.0. The highest BCUT2D eigenvalue weighted by Gasteiger charge is 2.38. The van der Waals surface area contributed by atoms with Crippen LogP contribution in [0.25, 0.3) is 24.3 Å². The molecule has 0 spiro atoms. The van der Waals surface area contributed by atoms with Gasteiger partial charge in [0.1, 0.15) is 44.9 Å². The number of amides is 8. The Hall–Kier alpha value is -8.97. The number of ether oxygens (including phenoxy) is 1. The molecule has 0 heterocycles. The minimum Gasteiger partial charge on any atom is -0.467 e. The Morgan fingerprint density at radius 2 is 0.566 bits per heavy atom. The second-order valence-corrected chi connectivity index (χ2v) is 20.2. The molecule has 8 amide bonds. The van der Waals surface area contributed by atoms with E-state index in [4.69, 9.17) is 10.5 Å². The summed E-state index contributed by atoms with van der Waals surface area (Å²) in [7, 11) is 1.17. The summed E-state index contributed by atoms with van der Waals surface area (Å²) >= 11 is 0. The molecule has 4 aromatic rings. The molecule has 0 saturated carbocycles. The fraction of sp³-hybridized carbons (Fsp3) is 0.281. The Kier molecular flexibility index (Phi) is 19.8. The van der Waals surface area contributed by atoms with Crippen molar-refractivity contribution in [2.45, 2.75) is 96.9 Å². The minimum absolute atomic E-state index is 0.213. The van der Waals surface area contributed by atoms with Crippen LogP contribution < -0.4 is 48.3 Å². The van der Waals surface area contributed by atoms with Gasteiger partial charge in [-0.2, -0.15) is 0 Å². The van der Waals surface area contributed by atoms with Crippen LogP contribution in [0.15, 0.2) is 144 Å². The van der Waals surface area contributed by atoms with Crippen LogP contribution in [0.3, 0.4) is 0 Å². The van der Waals surface area contributed by atoms with E-state index >= 15 is 0 Å². The van der Waals surface area contributed by atoms with Crippen LogP contribution in [-0.4, -0.2) is 88.0 Å². The Balaban J connectivity index is 1.60. The Morgan fingerprint density at radius 1 is 0.355 bits per heavy atom. The Labute approximate surface area is 442 Å². The molecular weight excluding hydrogens is 971 g/mol. The maximum absolute atomic E-state index is 14.3. The van der Waals surface area contributed by atoms with E-state index in [0.717, 1.165) is 0 Å². The summed E-state index contributed by atoms with van der Waals surface area (Å²) in [6.07, 6.45) is 5.50. The molecular formula is C57H67N9O10. The van der Waals surface area contributed by atoms with E-state index in [1.54, 1.807) is 121 Å². The predicted molar refractivity (Wildman–Crippen MR) is 289 cm³/mol. The lowest BCUT2D eigenvalue weighted by molar-refractivity contribution is -0.149. The van der Waals surface area contributed by atoms with Crippen LogP contribution in [0.1, 0.15) is 91.5 Å². The molecule has 0 aliphatic carbocycles. The molecule has 19 heteroatoms. The highest BCUT2D eigenvalue weighted by atomic mass is 16.5. The van der Waals surface area contributed by atoms with E-state index in [0.29, 0.717) is 22.3 Å². The fourth-order valence-electron chi connectivity index (χ4n) is 6.50. The summed E-state index contributed by atoms with van der Waals surface area (Å²) in [5, 5.41) is 20.7. The molecule has 76 heavy (non-hydrogen) atoms. The van der Waals surface area contributed by atoms with Crippen LogP contribution >= 0.6 is 0 Å². The van der Waals surface area contributed by atoms with Gasteiger partial charge >= 0.3 is 5.97 Å². The smallest absolute Gasteiger partial charge is 0.330 e. The number of methoxy groups -OCH3 is 1. The number of esters is 1. The van der Waals surface area contributed by atoms with Gasteiger partial charge < -0.3 is 53.0 Å². The molecule has 0 aromatic heterocycles. The zero-order chi connectivity index (χ0) is 56.6. The van der Waals surface area contributed by atoms with Crippen molar-refractivity contribution >= 4 is 77.5 Å². The third-order valence-electron chi connectivity index (χ3n) is 11.1. The number of carbonyl (C=O) groups is 9. The number of rotatable bonds is 21. The van der Waals surface area contributed by atoms with Gasteiger partial charge in [0.05, 0.1) is 12.6 Å². The van der Waals surface area contributed by atoms with Crippen molar-refractivity contribution in [1.82, 2.24) is 42.5 Å². The third-order valence-corrected chi connectivity index (χ3v) is 11.1. The fourth-order valence-corrected chi connectivity index (χ4v) is 6.50. The van der Waals surface area contributed by atoms with E-state index in [-0.39, 0.29) is 22.8 Å². The topological polar surface area (TPSA) is 285 Å². The summed E-state index contributed by atoms with van der Waals surface area (Å²) in [6.45, 7) is 14.0. The first kappa shape index (κ1) is 59.6. The van der Waals surface area contributed by atoms with Crippen molar-refractivity contribution in [3.05, 3.63) is 166 Å². The molecule has 10 N–H and O–H groups in total. The SMILES string of the molecule is COC(=O)C(C)(C)NC(=O)/C(=C/c1ccccc1)NC(=O)C(C)(C)NC(=O)/C(=C/c1ccccc1)NC(=O)C(C)(C)NC(=O)/C(=C/c1ccccc1)NC(=O)C(C)(C)NC(=O)/C(=C\c1ccccc1)NC(=O)C(C)(C)N. The molecule has 0 aliphatic heterocycles. The van der Waals surface area contributed by atoms with Gasteiger partial charge in [-0.15, -0.1) is 0 Å². The van der Waals surface area contributed by atoms with Crippen molar-refractivity contribution in [2.24, 2.45) is 5.73 Å². The van der Waals surface area contributed by atoms with Gasteiger partial charge in [-0.25, -0.2) is 4.79 Å². The van der Waals surface area contributed by atoms with Crippen molar-refractivity contribution in [2.75, 3.05) is 7.11 Å². The molecule has 400 valence electrons. The van der Waals surface area contributed by atoms with E-state index in [2.05, 4.69) is 42.5 Å². The lowest BCUT2D eigenvalue weighted by Gasteiger charge is -2.30. The molecule has 0 radical (unpaired) electrons. The van der Waals surface area contributed by atoms with Crippen molar-refractivity contribution < 1.29 is 47.9 Å². The third kappa shape index (κ3) is 17.6. The summed E-state index contributed by atoms with van der Waals surface area (Å²) in [6, 6.07) is 34.1. The van der Waals surface area contributed by atoms with Crippen LogP contribution in [0.5, 0.6) is 0 Å². The zero-order valence-electron chi connectivity index (χ0n) is 44.5. The van der Waals surface area contributed by atoms with Crippen LogP contribution in [-0.2, 0) is 47.9 Å². The van der Waals surface area contributed by atoms with E-state index < -0.39 is 80.9 Å². The minimum atomic E-state index is -1.83. The first-order valence-electron chi connectivity index (χ1n) is 23.9. The van der Waals surface area contributed by atoms with Crippen molar-refractivity contribution in [1.29, 1.82) is 0 Å². The van der Waals surface area contributed by atoms with E-state index in [1.807, 2.05) is 0 Å². The van der Waals surface area contributed by atoms with Crippen LogP contribution in [0.4, 0.5) is 0 Å². The first-order chi connectivity index (χ1) is 35.4. The van der Waals surface area contributed by atoms with Gasteiger partial charge in [-0.1, -0.05) is 121 Å². The number of nitrogens with two attached hydrogens (primary N) is 1. The molecule has 19 nitrogen and oxygen atoms in total. The molecule has 0 fully saturated rings. The van der Waals surface area contributed by atoms with Gasteiger partial charge in [0, 0.05) is 0 Å². The number of carbonyl (C=O) groups excluding carboxylic acids is 9. The summed E-state index contributed by atoms with van der Waals surface area (Å²) in [4.78, 5) is 124. The molecule has 4 aromatic carbocycles. The van der Waals surface area contributed by atoms with Crippen molar-refractivity contribution in [3.63, 3.8) is 0 Å². The second kappa shape index (κ2) is 25.3. The number of hydrogen-bond donors (Lipinski definition) is 9. The Morgan fingerprint density at radius 3 is 0.776 bits per heavy atom. The number of nitrogens with one attached hydrogen (secondary N) is 8. The van der Waals surface area contributed by atoms with Crippen molar-refractivity contribution in [3.8, 4) is 0 Å². The van der Waals surface area contributed by atoms with Gasteiger partial charge in [0.15, 0.2) is 0 Å². The van der Waals surface area contributed by atoms with Gasteiger partial charge in [-0.3, -0.25) is 38.4 Å². The standard InChI is InChI=1S/C57H67N9O10/c1-53(2,58)48(71)59-40(32-36-24-16-12-17-25-36)44(67)63-54(3,4)49(72)60-41(33-37-26-18-13-19-27-37)45(68)64-55(5,6)50(73)61-42(34-38-28-20-14-21-29-38)46(69)65-56(7,8)51(74)62-43(35-39-30-22-15-23-31-39)47(70)66-57(9,10)52(75)76-11/h12-35H,58H2,1-11H3,(H,59,71)(H,60,72)(H,61,73)(H,62,74)(H,63,67)(H,64,68)(H,65,69)(H,66,70)/b40-32+,41-33-,42-34-,43-35-. The molecule has 0 atom stereocenters. The maximum atomic E-state index is 14.3. The zero-order valence-corrected chi connectivity index (χ0v) is 44.5. The normalized spacial score (nSPS) is 12.7. The molecule has 4 rings (SSSR count). The average molecular weight is 1040 g/mol. The summed E-state index contributed by atoms with van der Waals surface area (Å²) < 4.78 is 4.82. The summed E-state index contributed by atoms with van der Waals surface area (Å²) in [5.41, 5.74) is -1.39.